The molecule has 0 aromatic rings. The number of unbranched alkanes of at least 4 members (excludes halogenated alkanes) is 36. The molecular weight excluding hydrogens is 1400 g/mol. The van der Waals surface area contributed by atoms with Gasteiger partial charge in [0.2, 0.25) is 29.5 Å². The quantitative estimate of drug-likeness (QED) is 0.0153. The van der Waals surface area contributed by atoms with Crippen LogP contribution < -0.4 is 81.4 Å². The van der Waals surface area contributed by atoms with Crippen LogP contribution in [0.5, 0.6) is 0 Å². The third-order valence-electron chi connectivity index (χ3n) is 19.9. The number of guanidine groups is 3. The first-order valence-corrected chi connectivity index (χ1v) is 45.5. The lowest BCUT2D eigenvalue weighted by atomic mass is 10.00. The van der Waals surface area contributed by atoms with Crippen molar-refractivity contribution in [2.24, 2.45) is 40.1 Å². The number of hydrogen-bond donors (Lipinski definition) is 15. The topological polar surface area (TPSA) is 423 Å². The van der Waals surface area contributed by atoms with Gasteiger partial charge in [-0.05, 0) is 96.3 Å². The molecule has 4 unspecified atom stereocenters. The first-order valence-electron chi connectivity index (χ1n) is 45.5. The highest BCUT2D eigenvalue weighted by atomic mass is 16.2. The van der Waals surface area contributed by atoms with Gasteiger partial charge in [0.25, 0.3) is 0 Å². The minimum atomic E-state index is -0.392. The molecule has 4 amide bonds. The Morgan fingerprint density at radius 1 is 0.225 bits per heavy atom. The van der Waals surface area contributed by atoms with Gasteiger partial charge in [-0.2, -0.15) is 0 Å². The number of nitrogens with two attached hydrogens (primary N) is 7. The van der Waals surface area contributed by atoms with Crippen LogP contribution in [0, 0.1) is 0 Å². The Kier molecular flexibility index (Phi) is 86.4. The van der Waals surface area contributed by atoms with Gasteiger partial charge in [0.15, 0.2) is 23.1 Å². The highest BCUT2D eigenvalue weighted by Crippen LogP contribution is 2.17. The van der Waals surface area contributed by atoms with E-state index in [1.807, 2.05) is 20.8 Å². The molecule has 23 heteroatoms. The Morgan fingerprint density at radius 3 is 0.613 bits per heavy atom. The second-order valence-corrected chi connectivity index (χ2v) is 31.0. The van der Waals surface area contributed by atoms with Gasteiger partial charge < -0.3 is 21.3 Å². The van der Waals surface area contributed by atoms with Crippen LogP contribution in [0.3, 0.4) is 0 Å². The molecule has 0 bridgehead atoms. The summed E-state index contributed by atoms with van der Waals surface area (Å²) >= 11 is 0. The molecule has 0 aliphatic rings. The van der Waals surface area contributed by atoms with Crippen LogP contribution in [0.15, 0.2) is 0 Å². The van der Waals surface area contributed by atoms with Crippen LogP contribution in [0.1, 0.15) is 441 Å². The lowest BCUT2D eigenvalue weighted by Crippen LogP contribution is -2.78. The maximum atomic E-state index is 12.7. The van der Waals surface area contributed by atoms with E-state index in [1.54, 1.807) is 0 Å². The number of amidine groups is 1. The van der Waals surface area contributed by atoms with E-state index in [0.29, 0.717) is 103 Å². The highest BCUT2D eigenvalue weighted by molar-refractivity contribution is 5.91. The van der Waals surface area contributed by atoms with Gasteiger partial charge >= 0.3 is 17.9 Å². The highest BCUT2D eigenvalue weighted by Gasteiger charge is 2.24. The van der Waals surface area contributed by atoms with Gasteiger partial charge in [0, 0.05) is 58.3 Å². The van der Waals surface area contributed by atoms with E-state index in [-0.39, 0.29) is 76.7 Å². The number of rotatable bonds is 75. The van der Waals surface area contributed by atoms with Crippen LogP contribution in [-0.4, -0.2) is 121 Å². The second kappa shape index (κ2) is 86.3. The second-order valence-electron chi connectivity index (χ2n) is 31.0. The molecule has 111 heavy (non-hydrogen) atoms. The van der Waals surface area contributed by atoms with Gasteiger partial charge in [-0.1, -0.05) is 287 Å². The van der Waals surface area contributed by atoms with Gasteiger partial charge in [-0.25, -0.2) is 0 Å². The first kappa shape index (κ1) is 111. The molecule has 0 rings (SSSR count). The molecule has 0 heterocycles. The van der Waals surface area contributed by atoms with Crippen molar-refractivity contribution in [3.8, 4) is 0 Å². The number of carbonyl (C=O) groups is 8. The monoisotopic (exact) mass is 1570 g/mol. The van der Waals surface area contributed by atoms with Crippen LogP contribution >= 0.6 is 0 Å². The minimum Gasteiger partial charge on any atom is -0.346 e. The zero-order valence-electron chi connectivity index (χ0n) is 73.2. The maximum absolute atomic E-state index is 12.7. The zero-order chi connectivity index (χ0) is 83.4. The zero-order valence-corrected chi connectivity index (χ0v) is 73.2. The number of amides is 4. The summed E-state index contributed by atoms with van der Waals surface area (Å²) < 4.78 is 0. The predicted molar refractivity (Wildman–Crippen MR) is 464 cm³/mol. The summed E-state index contributed by atoms with van der Waals surface area (Å²) in [5.41, 5.74) is 37.9. The van der Waals surface area contributed by atoms with E-state index in [4.69, 9.17) is 40.1 Å². The summed E-state index contributed by atoms with van der Waals surface area (Å²) in [6.45, 7) is 21.4. The van der Waals surface area contributed by atoms with E-state index in [1.165, 1.54) is 193 Å². The third-order valence-corrected chi connectivity index (χ3v) is 19.9. The molecule has 0 saturated carbocycles. The first-order chi connectivity index (χ1) is 53.5. The fourth-order valence-corrected chi connectivity index (χ4v) is 13.0. The van der Waals surface area contributed by atoms with Crippen LogP contribution in [0.2, 0.25) is 0 Å². The average Bonchev–Trinajstić information content (AvgIpc) is 0.943. The van der Waals surface area contributed by atoms with Crippen molar-refractivity contribution >= 4 is 70.5 Å². The normalized spacial score (nSPS) is 12.0. The minimum absolute atomic E-state index is 0.00476. The Morgan fingerprint density at radius 2 is 0.414 bits per heavy atom. The fourth-order valence-electron chi connectivity index (χ4n) is 13.0. The predicted octanol–water partition coefficient (Wildman–Crippen LogP) is 9.86. The number of nitrogens with one attached hydrogen (secondary N) is 8. The smallest absolute Gasteiger partial charge is 0.338 e. The van der Waals surface area contributed by atoms with E-state index >= 15 is 0 Å². The Balaban J connectivity index is -0.000000689. The summed E-state index contributed by atoms with van der Waals surface area (Å²) in [5.74, 6) is 1.76. The van der Waals surface area contributed by atoms with E-state index < -0.39 is 12.1 Å². The standard InChI is InChI=1S/C25H50N4O2.2C21H42N4O2.C21H41N3O2/c1-3-5-7-9-10-11-12-14-16-20-24(31)29-22(18-17-21-28-25(26)27)23(30)19-15-13-8-6-4-2;1-3-5-6-7-8-9-10-11-12-16-20(27)25-18(19(26)14-4-2)15-13-17-24-21(22)23;1-3-5-7-9-11-15-19(26)18(14-13-17-24-21(22)23)25-20(27)16-12-10-8-6-4-2;1-4-6-7-8-9-10-11-12-13-16-21(26)24-19(20(25)5-2)15-14-17-23-18(3)22/h22H,3-21H2,1-2H3,(H,29,31)(H4,26,27,28);2*18H,3-17H2,1-2H3,(H,25,27)(H4,22,23,24);19H,4-17H2,1-3H3,(H2,22,23)(H,24,26)/p+4. The molecular formula is C88H179N15O8+4. The summed E-state index contributed by atoms with van der Waals surface area (Å²) in [7, 11) is 0. The molecule has 4 atom stereocenters. The largest absolute Gasteiger partial charge is 0.346 e. The Hall–Kier alpha value is -6.16. The Labute approximate surface area is 678 Å². The van der Waals surface area contributed by atoms with E-state index in [0.717, 1.165) is 116 Å². The molecule has 0 aromatic carbocycles. The molecule has 0 aliphatic heterocycles. The SMILES string of the molecule is CCCCCCCC(=O)NC(CCC[NH+]=C(N)N)C(=O)CCCCCCC.CCCCCCCCCCCC(=O)NC(CCC[NH+]=C(C)N)C(=O)CC.CCCCCCCCCCCC(=O)NC(CCC[NH+]=C(N)N)C(=O)CCC.CCCCCCCCCCCC(=O)NC(CCC[NH+]=C(N)N)C(=O)CCCCCCC. The molecule has 0 spiro atoms. The van der Waals surface area contributed by atoms with Crippen molar-refractivity contribution in [2.75, 3.05) is 26.2 Å². The average molecular weight is 1580 g/mol. The molecule has 0 aromatic heterocycles. The summed E-state index contributed by atoms with van der Waals surface area (Å²) in [6, 6.07) is -1.53. The molecule has 0 fully saturated rings. The lowest BCUT2D eigenvalue weighted by Gasteiger charge is -2.17. The number of hydrogen-bond acceptors (Lipinski definition) is 8. The van der Waals surface area contributed by atoms with Crippen LogP contribution in [0.25, 0.3) is 0 Å². The molecule has 0 saturated heterocycles. The van der Waals surface area contributed by atoms with Crippen molar-refractivity contribution < 1.29 is 58.3 Å². The van der Waals surface area contributed by atoms with Gasteiger partial charge in [-0.3, -0.25) is 98.5 Å². The lowest BCUT2D eigenvalue weighted by molar-refractivity contribution is -0.460. The number of carbonyl (C=O) groups excluding carboxylic acids is 8. The maximum Gasteiger partial charge on any atom is 0.338 e. The van der Waals surface area contributed by atoms with Crippen LogP contribution in [-0.2, 0) is 38.4 Å². The van der Waals surface area contributed by atoms with Crippen molar-refractivity contribution in [1.29, 1.82) is 0 Å². The molecule has 0 radical (unpaired) electrons. The summed E-state index contributed by atoms with van der Waals surface area (Å²) in [6.07, 6.45) is 60.4. The summed E-state index contributed by atoms with van der Waals surface area (Å²) in [4.78, 5) is 110. The van der Waals surface area contributed by atoms with E-state index in [2.05, 4.69) is 82.8 Å². The number of Topliss-reactive ketones (excluding diaryl/α,β-unsaturated/α-hetero) is 4. The van der Waals surface area contributed by atoms with Crippen molar-refractivity contribution in [3.05, 3.63) is 0 Å². The van der Waals surface area contributed by atoms with Gasteiger partial charge in [0.1, 0.15) is 0 Å². The third kappa shape index (κ3) is 84.6. The van der Waals surface area contributed by atoms with E-state index in [9.17, 15) is 38.4 Å². The summed E-state index contributed by atoms with van der Waals surface area (Å²) in [5, 5.41) is 11.8. The molecule has 650 valence electrons. The molecule has 23 nitrogen and oxygen atoms in total. The molecule has 22 N–H and O–H groups in total. The number of ketones is 4. The van der Waals surface area contributed by atoms with Gasteiger partial charge in [-0.15, -0.1) is 0 Å². The Bertz CT molecular complexity index is 2360. The fraction of sp³-hybridized carbons (Fsp3) is 0.864. The van der Waals surface area contributed by atoms with Crippen LogP contribution in [0.4, 0.5) is 0 Å². The van der Waals surface area contributed by atoms with Crippen molar-refractivity contribution in [3.63, 3.8) is 0 Å². The van der Waals surface area contributed by atoms with Crippen molar-refractivity contribution in [2.45, 2.75) is 465 Å². The molecule has 0 aliphatic carbocycles. The van der Waals surface area contributed by atoms with Crippen molar-refractivity contribution in [1.82, 2.24) is 21.3 Å². The van der Waals surface area contributed by atoms with Gasteiger partial charge in [0.05, 0.1) is 50.3 Å².